The SMILES string of the molecule is CCCCCCCCCCCCCCCC[N+](C)(C)Cc1cc(OP(=O)(OCC)OCC)ccc1[N+](=O)[O-]. The normalized spacial score (nSPS) is 12.1. The van der Waals surface area contributed by atoms with Crippen LogP contribution in [-0.2, 0) is 20.2 Å². The van der Waals surface area contributed by atoms with Crippen LogP contribution in [0.2, 0.25) is 0 Å². The van der Waals surface area contributed by atoms with Gasteiger partial charge < -0.3 is 9.01 Å². The first-order valence-corrected chi connectivity index (χ1v) is 16.3. The summed E-state index contributed by atoms with van der Waals surface area (Å²) in [5.74, 6) is 0.243. The van der Waals surface area contributed by atoms with Crippen LogP contribution in [0.5, 0.6) is 5.75 Å². The molecule has 0 saturated carbocycles. The molecule has 8 nitrogen and oxygen atoms in total. The highest BCUT2D eigenvalue weighted by Crippen LogP contribution is 2.49. The zero-order chi connectivity index (χ0) is 28.3. The Hall–Kier alpha value is -1.47. The second kappa shape index (κ2) is 19.6. The number of rotatable bonds is 24. The topological polar surface area (TPSA) is 87.9 Å². The second-order valence-electron chi connectivity index (χ2n) is 10.8. The van der Waals surface area contributed by atoms with Gasteiger partial charge in [-0.25, -0.2) is 4.57 Å². The van der Waals surface area contributed by atoms with Crippen LogP contribution >= 0.6 is 7.82 Å². The third kappa shape index (κ3) is 15.2. The predicted molar refractivity (Wildman–Crippen MR) is 156 cm³/mol. The van der Waals surface area contributed by atoms with E-state index in [9.17, 15) is 14.7 Å². The van der Waals surface area contributed by atoms with Crippen molar-refractivity contribution in [3.8, 4) is 5.75 Å². The second-order valence-corrected chi connectivity index (χ2v) is 12.4. The van der Waals surface area contributed by atoms with Gasteiger partial charge in [-0.1, -0.05) is 84.0 Å². The fourth-order valence-corrected chi connectivity index (χ4v) is 5.92. The van der Waals surface area contributed by atoms with Crippen molar-refractivity contribution in [2.24, 2.45) is 0 Å². The van der Waals surface area contributed by atoms with Gasteiger partial charge in [-0.3, -0.25) is 19.2 Å². The number of nitro groups is 1. The van der Waals surface area contributed by atoms with Crippen molar-refractivity contribution >= 4 is 13.5 Å². The summed E-state index contributed by atoms with van der Waals surface area (Å²) >= 11 is 0. The molecule has 1 aromatic carbocycles. The Labute approximate surface area is 231 Å². The summed E-state index contributed by atoms with van der Waals surface area (Å²) in [6, 6.07) is 4.44. The molecule has 0 bridgehead atoms. The molecule has 0 aromatic heterocycles. The standard InChI is InChI=1S/C29H54N2O6P/c1-6-9-10-11-12-13-14-15-16-17-18-19-20-21-24-31(4,5)26-27-25-28(22-23-29(27)30(32)33)37-38(34,35-7-2)36-8-3/h22-23,25H,6-21,24,26H2,1-5H3/q+1. The van der Waals surface area contributed by atoms with Gasteiger partial charge in [0.1, 0.15) is 12.3 Å². The Morgan fingerprint density at radius 1 is 0.789 bits per heavy atom. The van der Waals surface area contributed by atoms with E-state index >= 15 is 0 Å². The van der Waals surface area contributed by atoms with Crippen LogP contribution in [0, 0.1) is 10.1 Å². The van der Waals surface area contributed by atoms with Crippen molar-refractivity contribution < 1.29 is 27.5 Å². The van der Waals surface area contributed by atoms with Crippen molar-refractivity contribution in [3.05, 3.63) is 33.9 Å². The van der Waals surface area contributed by atoms with E-state index in [4.69, 9.17) is 13.6 Å². The third-order valence-corrected chi connectivity index (χ3v) is 8.34. The summed E-state index contributed by atoms with van der Waals surface area (Å²) in [5.41, 5.74) is 0.578. The Morgan fingerprint density at radius 3 is 1.71 bits per heavy atom. The van der Waals surface area contributed by atoms with Gasteiger partial charge in [0.25, 0.3) is 5.69 Å². The molecule has 1 rings (SSSR count). The molecule has 0 aliphatic rings. The fraction of sp³-hybridized carbons (Fsp3) is 0.793. The van der Waals surface area contributed by atoms with E-state index in [-0.39, 0.29) is 29.6 Å². The first-order chi connectivity index (χ1) is 18.2. The molecule has 0 N–H and O–H groups in total. The molecule has 0 amide bonds. The van der Waals surface area contributed by atoms with Gasteiger partial charge in [-0.15, -0.1) is 0 Å². The molecule has 0 saturated heterocycles. The summed E-state index contributed by atoms with van der Waals surface area (Å²) in [5, 5.41) is 11.7. The van der Waals surface area contributed by atoms with Crippen LogP contribution in [0.25, 0.3) is 0 Å². The Morgan fingerprint density at radius 2 is 1.26 bits per heavy atom. The van der Waals surface area contributed by atoms with E-state index in [0.717, 1.165) is 13.0 Å². The third-order valence-electron chi connectivity index (χ3n) is 6.75. The van der Waals surface area contributed by atoms with Gasteiger partial charge in [0.05, 0.1) is 44.3 Å². The lowest BCUT2D eigenvalue weighted by Gasteiger charge is -2.30. The predicted octanol–water partition coefficient (Wildman–Crippen LogP) is 9.21. The van der Waals surface area contributed by atoms with Gasteiger partial charge in [-0.05, 0) is 38.8 Å². The maximum absolute atomic E-state index is 12.8. The number of benzene rings is 1. The first-order valence-electron chi connectivity index (χ1n) is 14.8. The summed E-state index contributed by atoms with van der Waals surface area (Å²) in [6.45, 7) is 7.40. The summed E-state index contributed by atoms with van der Waals surface area (Å²) in [7, 11) is 0.405. The lowest BCUT2D eigenvalue weighted by atomic mass is 10.0. The van der Waals surface area contributed by atoms with Crippen molar-refractivity contribution in [2.45, 2.75) is 117 Å². The van der Waals surface area contributed by atoms with Crippen LogP contribution in [0.1, 0.15) is 116 Å². The summed E-state index contributed by atoms with van der Waals surface area (Å²) in [6.07, 6.45) is 18.5. The molecule has 220 valence electrons. The maximum Gasteiger partial charge on any atom is 0.530 e. The number of phosphoric ester groups is 1. The van der Waals surface area contributed by atoms with E-state index in [1.165, 1.54) is 95.6 Å². The van der Waals surface area contributed by atoms with Gasteiger partial charge in [0, 0.05) is 6.07 Å². The van der Waals surface area contributed by atoms with Crippen molar-refractivity contribution in [1.29, 1.82) is 0 Å². The van der Waals surface area contributed by atoms with Crippen molar-refractivity contribution in [2.75, 3.05) is 33.9 Å². The highest BCUT2D eigenvalue weighted by Gasteiger charge is 2.29. The van der Waals surface area contributed by atoms with Gasteiger partial charge >= 0.3 is 7.82 Å². The fourth-order valence-electron chi connectivity index (χ4n) is 4.73. The molecule has 9 heteroatoms. The monoisotopic (exact) mass is 557 g/mol. The Balaban J connectivity index is 2.44. The largest absolute Gasteiger partial charge is 0.530 e. The number of unbranched alkanes of at least 4 members (excludes halogenated alkanes) is 13. The molecule has 0 radical (unpaired) electrons. The zero-order valence-corrected chi connectivity index (χ0v) is 25.6. The van der Waals surface area contributed by atoms with Crippen LogP contribution in [0.3, 0.4) is 0 Å². The average Bonchev–Trinajstić information content (AvgIpc) is 2.84. The van der Waals surface area contributed by atoms with Crippen molar-refractivity contribution in [1.82, 2.24) is 0 Å². The van der Waals surface area contributed by atoms with Crippen LogP contribution in [0.4, 0.5) is 5.69 Å². The molecule has 0 unspecified atom stereocenters. The molecular weight excluding hydrogens is 503 g/mol. The minimum atomic E-state index is -3.77. The summed E-state index contributed by atoms with van der Waals surface area (Å²) in [4.78, 5) is 11.3. The van der Waals surface area contributed by atoms with Gasteiger partial charge in [0.2, 0.25) is 0 Å². The molecule has 0 spiro atoms. The average molecular weight is 558 g/mol. The number of hydrogen-bond acceptors (Lipinski definition) is 6. The van der Waals surface area contributed by atoms with Crippen LogP contribution in [-0.4, -0.2) is 43.3 Å². The number of nitro benzene ring substituents is 1. The van der Waals surface area contributed by atoms with Crippen molar-refractivity contribution in [3.63, 3.8) is 0 Å². The van der Waals surface area contributed by atoms with E-state index < -0.39 is 7.82 Å². The molecular formula is C29H54N2O6P+. The summed E-state index contributed by atoms with van der Waals surface area (Å²) < 4.78 is 29.3. The van der Waals surface area contributed by atoms with Crippen LogP contribution in [0.15, 0.2) is 18.2 Å². The van der Waals surface area contributed by atoms with Gasteiger partial charge in [-0.2, -0.15) is 0 Å². The molecule has 0 aliphatic heterocycles. The van der Waals surface area contributed by atoms with E-state index in [1.54, 1.807) is 19.9 Å². The lowest BCUT2D eigenvalue weighted by Crippen LogP contribution is -2.39. The molecule has 38 heavy (non-hydrogen) atoms. The smallest absolute Gasteiger partial charge is 0.404 e. The van der Waals surface area contributed by atoms with Gasteiger partial charge in [0.15, 0.2) is 0 Å². The highest BCUT2D eigenvalue weighted by atomic mass is 31.2. The van der Waals surface area contributed by atoms with E-state index in [1.807, 2.05) is 0 Å². The minimum Gasteiger partial charge on any atom is -0.404 e. The molecule has 0 fully saturated rings. The number of hydrogen-bond donors (Lipinski definition) is 0. The van der Waals surface area contributed by atoms with Crippen LogP contribution < -0.4 is 4.52 Å². The first kappa shape index (κ1) is 34.6. The highest BCUT2D eigenvalue weighted by molar-refractivity contribution is 7.48. The zero-order valence-electron chi connectivity index (χ0n) is 24.8. The van der Waals surface area contributed by atoms with E-state index in [0.29, 0.717) is 16.6 Å². The molecule has 0 heterocycles. The Bertz CT molecular complexity index is 823. The molecule has 0 aliphatic carbocycles. The number of nitrogens with zero attached hydrogens (tertiary/aromatic N) is 2. The number of quaternary nitrogens is 1. The quantitative estimate of drug-likeness (QED) is 0.0414. The maximum atomic E-state index is 12.8. The minimum absolute atomic E-state index is 0.0344. The number of phosphoric acid groups is 1. The van der Waals surface area contributed by atoms with E-state index in [2.05, 4.69) is 21.0 Å². The Kier molecular flexibility index (Phi) is 17.8. The molecule has 1 aromatic rings. The molecule has 0 atom stereocenters. The lowest BCUT2D eigenvalue weighted by molar-refractivity contribution is -0.904.